The molecule has 2 bridgehead atoms. The summed E-state index contributed by atoms with van der Waals surface area (Å²) in [4.78, 5) is 10.9. The van der Waals surface area contributed by atoms with Gasteiger partial charge < -0.3 is 0 Å². The molecule has 1 saturated heterocycles. The van der Waals surface area contributed by atoms with Crippen LogP contribution < -0.4 is 0 Å². The Morgan fingerprint density at radius 1 is 1.38 bits per heavy atom. The molecule has 0 aromatic rings. The fourth-order valence-electron chi connectivity index (χ4n) is 3.65. The van der Waals surface area contributed by atoms with E-state index in [9.17, 15) is 0 Å². The van der Waals surface area contributed by atoms with Crippen LogP contribution in [-0.2, 0) is 9.78 Å². The Hall–Kier alpha value is -0.340. The van der Waals surface area contributed by atoms with Crippen molar-refractivity contribution in [2.45, 2.75) is 38.9 Å². The van der Waals surface area contributed by atoms with Crippen LogP contribution in [0.2, 0.25) is 0 Å². The monoisotopic (exact) mass is 180 g/mol. The number of hydrogen-bond donors (Lipinski definition) is 0. The lowest BCUT2D eigenvalue weighted by atomic mass is 9.76. The highest BCUT2D eigenvalue weighted by Gasteiger charge is 2.67. The Labute approximate surface area is 78.8 Å². The first kappa shape index (κ1) is 8.01. The van der Waals surface area contributed by atoms with E-state index in [1.54, 1.807) is 0 Å². The Balaban J connectivity index is 2.13. The molecule has 0 spiro atoms. The molecule has 1 aliphatic heterocycles. The second-order valence-corrected chi connectivity index (χ2v) is 5.39. The first-order valence-electron chi connectivity index (χ1n) is 5.11. The highest BCUT2D eigenvalue weighted by atomic mass is 17.2. The van der Waals surface area contributed by atoms with Gasteiger partial charge in [0.25, 0.3) is 0 Å². The summed E-state index contributed by atoms with van der Waals surface area (Å²) in [7, 11) is 0. The molecule has 0 N–H and O–H groups in total. The summed E-state index contributed by atoms with van der Waals surface area (Å²) < 4.78 is 0. The molecule has 3 aliphatic rings. The first-order chi connectivity index (χ1) is 6.07. The minimum Gasteiger partial charge on any atom is -0.228 e. The van der Waals surface area contributed by atoms with Crippen molar-refractivity contribution in [2.75, 3.05) is 0 Å². The predicted octanol–water partition coefficient (Wildman–Crippen LogP) is 2.31. The summed E-state index contributed by atoms with van der Waals surface area (Å²) >= 11 is 0. The van der Waals surface area contributed by atoms with Crippen molar-refractivity contribution in [1.29, 1.82) is 0 Å². The van der Waals surface area contributed by atoms with Gasteiger partial charge in [-0.05, 0) is 18.4 Å². The van der Waals surface area contributed by atoms with Crippen LogP contribution >= 0.6 is 0 Å². The van der Waals surface area contributed by atoms with Gasteiger partial charge in [-0.15, -0.1) is 0 Å². The molecule has 0 amide bonds. The highest BCUT2D eigenvalue weighted by Crippen LogP contribution is 2.63. The minimum atomic E-state index is -0.114. The van der Waals surface area contributed by atoms with E-state index >= 15 is 0 Å². The molecule has 2 aliphatic carbocycles. The molecular formula is C11H16O2. The zero-order valence-electron chi connectivity index (χ0n) is 8.41. The molecule has 4 atom stereocenters. The van der Waals surface area contributed by atoms with Crippen LogP contribution in [-0.4, -0.2) is 11.7 Å². The van der Waals surface area contributed by atoms with E-state index in [0.717, 1.165) is 0 Å². The van der Waals surface area contributed by atoms with Crippen molar-refractivity contribution in [2.24, 2.45) is 17.3 Å². The number of rotatable bonds is 0. The summed E-state index contributed by atoms with van der Waals surface area (Å²) in [5, 5.41) is 0. The number of hydrogen-bond acceptors (Lipinski definition) is 2. The Kier molecular flexibility index (Phi) is 1.24. The van der Waals surface area contributed by atoms with Crippen LogP contribution in [0.5, 0.6) is 0 Å². The smallest absolute Gasteiger partial charge is 0.133 e. The van der Waals surface area contributed by atoms with Gasteiger partial charge in [-0.25, -0.2) is 9.78 Å². The highest BCUT2D eigenvalue weighted by molar-refractivity contribution is 5.29. The van der Waals surface area contributed by atoms with E-state index in [0.29, 0.717) is 11.8 Å². The van der Waals surface area contributed by atoms with Gasteiger partial charge in [-0.2, -0.15) is 0 Å². The van der Waals surface area contributed by atoms with Crippen molar-refractivity contribution in [1.82, 2.24) is 0 Å². The summed E-state index contributed by atoms with van der Waals surface area (Å²) in [5.74, 6) is 1.26. The zero-order chi connectivity index (χ0) is 9.27. The van der Waals surface area contributed by atoms with Crippen molar-refractivity contribution in [3.05, 3.63) is 12.2 Å². The molecule has 0 aromatic carbocycles. The molecule has 2 nitrogen and oxygen atoms in total. The van der Waals surface area contributed by atoms with E-state index in [1.165, 1.54) is 6.42 Å². The van der Waals surface area contributed by atoms with E-state index < -0.39 is 0 Å². The average Bonchev–Trinajstić information content (AvgIpc) is 2.62. The van der Waals surface area contributed by atoms with Gasteiger partial charge in [0, 0.05) is 11.3 Å². The topological polar surface area (TPSA) is 18.5 Å². The molecule has 2 fully saturated rings. The molecule has 0 radical (unpaired) electrons. The largest absolute Gasteiger partial charge is 0.228 e. The third-order valence-electron chi connectivity index (χ3n) is 4.18. The molecule has 2 heteroatoms. The Morgan fingerprint density at radius 2 is 2.15 bits per heavy atom. The van der Waals surface area contributed by atoms with Crippen LogP contribution in [0.25, 0.3) is 0 Å². The average molecular weight is 180 g/mol. The van der Waals surface area contributed by atoms with Crippen LogP contribution in [0, 0.1) is 17.3 Å². The normalized spacial score (nSPS) is 55.8. The van der Waals surface area contributed by atoms with E-state index in [-0.39, 0.29) is 17.1 Å². The summed E-state index contributed by atoms with van der Waals surface area (Å²) in [6, 6.07) is 0. The Morgan fingerprint density at radius 3 is 2.69 bits per heavy atom. The lowest BCUT2D eigenvalue weighted by Gasteiger charge is -2.34. The Bertz CT molecular complexity index is 282. The van der Waals surface area contributed by atoms with E-state index in [1.807, 2.05) is 0 Å². The maximum absolute atomic E-state index is 5.56. The lowest BCUT2D eigenvalue weighted by Crippen LogP contribution is -2.41. The fraction of sp³-hybridized carbons (Fsp3) is 0.818. The zero-order valence-corrected chi connectivity index (χ0v) is 8.41. The van der Waals surface area contributed by atoms with E-state index in [4.69, 9.17) is 9.78 Å². The second-order valence-electron chi connectivity index (χ2n) is 5.39. The van der Waals surface area contributed by atoms with E-state index in [2.05, 4.69) is 32.9 Å². The van der Waals surface area contributed by atoms with Gasteiger partial charge in [0.1, 0.15) is 11.7 Å². The molecule has 72 valence electrons. The van der Waals surface area contributed by atoms with Crippen molar-refractivity contribution < 1.29 is 9.78 Å². The quantitative estimate of drug-likeness (QED) is 0.420. The van der Waals surface area contributed by atoms with Gasteiger partial charge >= 0.3 is 0 Å². The molecule has 13 heavy (non-hydrogen) atoms. The predicted molar refractivity (Wildman–Crippen MR) is 48.9 cm³/mol. The van der Waals surface area contributed by atoms with Gasteiger partial charge in [-0.3, -0.25) is 0 Å². The minimum absolute atomic E-state index is 0.114. The molecule has 0 aromatic heterocycles. The SMILES string of the molecule is CC1CC(C)(C)C23C=CC(OO2)C13. The van der Waals surface area contributed by atoms with Crippen LogP contribution in [0.3, 0.4) is 0 Å². The second kappa shape index (κ2) is 2.01. The third-order valence-corrected chi connectivity index (χ3v) is 4.18. The molecular weight excluding hydrogens is 164 g/mol. The summed E-state index contributed by atoms with van der Waals surface area (Å²) in [5.41, 5.74) is 0.107. The maximum Gasteiger partial charge on any atom is 0.133 e. The van der Waals surface area contributed by atoms with Crippen molar-refractivity contribution in [3.63, 3.8) is 0 Å². The lowest BCUT2D eigenvalue weighted by molar-refractivity contribution is -0.333. The first-order valence-corrected chi connectivity index (χ1v) is 5.11. The third kappa shape index (κ3) is 0.692. The molecule has 3 rings (SSSR count). The van der Waals surface area contributed by atoms with Gasteiger partial charge in [0.05, 0.1) is 0 Å². The van der Waals surface area contributed by atoms with Crippen molar-refractivity contribution in [3.8, 4) is 0 Å². The standard InChI is InChI=1S/C11H16O2/c1-7-6-10(2,3)11-5-4-8(9(7)11)12-13-11/h4-5,7-9H,6H2,1-3H3. The van der Waals surface area contributed by atoms with Crippen LogP contribution in [0.15, 0.2) is 12.2 Å². The van der Waals surface area contributed by atoms with Gasteiger partial charge in [0.15, 0.2) is 0 Å². The van der Waals surface area contributed by atoms with Crippen LogP contribution in [0.1, 0.15) is 27.2 Å². The fourth-order valence-corrected chi connectivity index (χ4v) is 3.65. The summed E-state index contributed by atoms with van der Waals surface area (Å²) in [6.45, 7) is 6.88. The van der Waals surface area contributed by atoms with Crippen molar-refractivity contribution >= 4 is 0 Å². The summed E-state index contributed by atoms with van der Waals surface area (Å²) in [6.07, 6.45) is 5.86. The molecule has 1 saturated carbocycles. The molecule has 4 unspecified atom stereocenters. The molecule has 1 heterocycles. The van der Waals surface area contributed by atoms with Gasteiger partial charge in [-0.1, -0.05) is 26.8 Å². The van der Waals surface area contributed by atoms with Crippen LogP contribution in [0.4, 0.5) is 0 Å². The van der Waals surface area contributed by atoms with Gasteiger partial charge in [0.2, 0.25) is 0 Å². The maximum atomic E-state index is 5.56.